The Kier molecular flexibility index (Phi) is 10.6. The molecule has 100 valence electrons. The van der Waals surface area contributed by atoms with Crippen molar-refractivity contribution in [3.63, 3.8) is 0 Å². The van der Waals surface area contributed by atoms with E-state index in [0.717, 1.165) is 5.92 Å². The Bertz CT molecular complexity index is 260. The molecule has 0 amide bonds. The monoisotopic (exact) mass is 254 g/mol. The van der Waals surface area contributed by atoms with Gasteiger partial charge >= 0.3 is 0 Å². The highest BCUT2D eigenvalue weighted by Crippen LogP contribution is 2.18. The van der Waals surface area contributed by atoms with Crippen LogP contribution in [0.2, 0.25) is 0 Å². The van der Waals surface area contributed by atoms with Crippen molar-refractivity contribution < 1.29 is 0 Å². The summed E-state index contributed by atoms with van der Waals surface area (Å²) >= 11 is 1.96. The van der Waals surface area contributed by atoms with E-state index in [1.54, 1.807) is 4.88 Å². The molecule has 0 N–H and O–H groups in total. The van der Waals surface area contributed by atoms with Gasteiger partial charge < -0.3 is 0 Å². The molecule has 0 nitrogen and oxygen atoms in total. The lowest BCUT2D eigenvalue weighted by Gasteiger charge is -2.03. The zero-order valence-electron chi connectivity index (χ0n) is 12.4. The van der Waals surface area contributed by atoms with Crippen LogP contribution in [0, 0.1) is 12.8 Å². The molecule has 0 aliphatic heterocycles. The van der Waals surface area contributed by atoms with Gasteiger partial charge in [-0.25, -0.2) is 0 Å². The summed E-state index contributed by atoms with van der Waals surface area (Å²) in [6, 6.07) is 4.52. The van der Waals surface area contributed by atoms with Crippen LogP contribution in [0.15, 0.2) is 12.1 Å². The lowest BCUT2D eigenvalue weighted by atomic mass is 10.0. The summed E-state index contributed by atoms with van der Waals surface area (Å²) in [6.07, 6.45) is 8.31. The molecule has 1 rings (SSSR count). The van der Waals surface area contributed by atoms with E-state index in [2.05, 4.69) is 32.9 Å². The number of hydrogen-bond acceptors (Lipinski definition) is 1. The van der Waals surface area contributed by atoms with E-state index in [1.165, 1.54) is 43.4 Å². The van der Waals surface area contributed by atoms with Crippen molar-refractivity contribution in [2.75, 3.05) is 0 Å². The van der Waals surface area contributed by atoms with Gasteiger partial charge in [-0.15, -0.1) is 11.3 Å². The first-order valence-electron chi connectivity index (χ1n) is 7.24. The smallest absolute Gasteiger partial charge is 0.00480 e. The molecule has 1 heterocycles. The molecule has 0 unspecified atom stereocenters. The normalized spacial score (nSPS) is 10.2. The average Bonchev–Trinajstić information content (AvgIpc) is 2.72. The van der Waals surface area contributed by atoms with Crippen LogP contribution in [0.4, 0.5) is 0 Å². The SMILES string of the molecule is CC.Cc1ccc(CCCCCCC(C)C)s1. The largest absolute Gasteiger partial charge is 0.146 e. The molecule has 0 atom stereocenters. The van der Waals surface area contributed by atoms with Crippen LogP contribution in [-0.4, -0.2) is 0 Å². The minimum atomic E-state index is 0.880. The van der Waals surface area contributed by atoms with E-state index in [9.17, 15) is 0 Å². The highest BCUT2D eigenvalue weighted by molar-refractivity contribution is 7.11. The first-order valence-corrected chi connectivity index (χ1v) is 8.05. The van der Waals surface area contributed by atoms with Gasteiger partial charge in [0, 0.05) is 9.75 Å². The quantitative estimate of drug-likeness (QED) is 0.506. The van der Waals surface area contributed by atoms with Crippen LogP contribution in [-0.2, 0) is 6.42 Å². The first kappa shape index (κ1) is 16.7. The summed E-state index contributed by atoms with van der Waals surface area (Å²) in [5, 5.41) is 0. The number of rotatable bonds is 7. The van der Waals surface area contributed by atoms with Crippen LogP contribution < -0.4 is 0 Å². The van der Waals surface area contributed by atoms with Crippen LogP contribution in [0.3, 0.4) is 0 Å². The molecule has 0 saturated carbocycles. The predicted molar refractivity (Wildman–Crippen MR) is 82.0 cm³/mol. The van der Waals surface area contributed by atoms with E-state index in [4.69, 9.17) is 0 Å². The number of unbranched alkanes of at least 4 members (excludes halogenated alkanes) is 3. The predicted octanol–water partition coefficient (Wildman–Crippen LogP) is 6.23. The van der Waals surface area contributed by atoms with Crippen LogP contribution in [0.5, 0.6) is 0 Å². The fourth-order valence-electron chi connectivity index (χ4n) is 1.82. The van der Waals surface area contributed by atoms with Crippen LogP contribution in [0.25, 0.3) is 0 Å². The molecule has 1 aromatic rings. The van der Waals surface area contributed by atoms with Gasteiger partial charge in [0.2, 0.25) is 0 Å². The Labute approximate surface area is 112 Å². The number of aryl methyl sites for hydroxylation is 2. The molecule has 0 fully saturated rings. The molecule has 17 heavy (non-hydrogen) atoms. The second kappa shape index (κ2) is 10.8. The zero-order valence-corrected chi connectivity index (χ0v) is 13.2. The topological polar surface area (TPSA) is 0 Å². The summed E-state index contributed by atoms with van der Waals surface area (Å²) in [4.78, 5) is 3.01. The Balaban J connectivity index is 0.00000121. The van der Waals surface area contributed by atoms with E-state index in [0.29, 0.717) is 0 Å². The van der Waals surface area contributed by atoms with Crippen molar-refractivity contribution in [1.82, 2.24) is 0 Å². The van der Waals surface area contributed by atoms with E-state index in [-0.39, 0.29) is 0 Å². The fourth-order valence-corrected chi connectivity index (χ4v) is 2.76. The summed E-state index contributed by atoms with van der Waals surface area (Å²) in [6.45, 7) is 10.8. The lowest BCUT2D eigenvalue weighted by molar-refractivity contribution is 0.520. The number of hydrogen-bond donors (Lipinski definition) is 0. The van der Waals surface area contributed by atoms with Crippen molar-refractivity contribution in [3.05, 3.63) is 21.9 Å². The standard InChI is InChI=1S/C14H24S.C2H6/c1-12(2)8-6-4-5-7-9-14-11-10-13(3)15-14;1-2/h10-12H,4-9H2,1-3H3;1-2H3. The van der Waals surface area contributed by atoms with Gasteiger partial charge in [-0.1, -0.05) is 53.4 Å². The maximum absolute atomic E-state index is 2.31. The maximum atomic E-state index is 2.31. The third-order valence-corrected chi connectivity index (χ3v) is 3.81. The Morgan fingerprint density at radius 2 is 1.65 bits per heavy atom. The highest BCUT2D eigenvalue weighted by Gasteiger charge is 1.97. The van der Waals surface area contributed by atoms with E-state index >= 15 is 0 Å². The molecule has 0 radical (unpaired) electrons. The van der Waals surface area contributed by atoms with Crippen molar-refractivity contribution in [2.24, 2.45) is 5.92 Å². The third kappa shape index (κ3) is 9.41. The fraction of sp³-hybridized carbons (Fsp3) is 0.750. The summed E-state index contributed by atoms with van der Waals surface area (Å²) in [7, 11) is 0. The van der Waals surface area contributed by atoms with Crippen molar-refractivity contribution >= 4 is 11.3 Å². The maximum Gasteiger partial charge on any atom is 0.00480 e. The van der Waals surface area contributed by atoms with Gasteiger partial charge in [-0.2, -0.15) is 0 Å². The Morgan fingerprint density at radius 1 is 1.00 bits per heavy atom. The molecular weight excluding hydrogens is 224 g/mol. The molecule has 1 aromatic heterocycles. The van der Waals surface area contributed by atoms with Gasteiger partial charge in [0.05, 0.1) is 0 Å². The van der Waals surface area contributed by atoms with Gasteiger partial charge in [0.1, 0.15) is 0 Å². The molecule has 0 aromatic carbocycles. The van der Waals surface area contributed by atoms with Gasteiger partial charge in [0.15, 0.2) is 0 Å². The molecular formula is C16H30S. The highest BCUT2D eigenvalue weighted by atomic mass is 32.1. The number of thiophene rings is 1. The minimum Gasteiger partial charge on any atom is -0.146 e. The van der Waals surface area contributed by atoms with Crippen molar-refractivity contribution in [1.29, 1.82) is 0 Å². The molecule has 0 bridgehead atoms. The molecule has 0 spiro atoms. The summed E-state index contributed by atoms with van der Waals surface area (Å²) < 4.78 is 0. The average molecular weight is 254 g/mol. The molecule has 0 aliphatic rings. The summed E-state index contributed by atoms with van der Waals surface area (Å²) in [5.74, 6) is 0.880. The zero-order chi connectivity index (χ0) is 13.1. The van der Waals surface area contributed by atoms with E-state index in [1.807, 2.05) is 25.2 Å². The Morgan fingerprint density at radius 3 is 2.18 bits per heavy atom. The Hall–Kier alpha value is -0.300. The van der Waals surface area contributed by atoms with Gasteiger partial charge in [-0.3, -0.25) is 0 Å². The third-order valence-electron chi connectivity index (χ3n) is 2.75. The van der Waals surface area contributed by atoms with Gasteiger partial charge in [-0.05, 0) is 37.8 Å². The second-order valence-electron chi connectivity index (χ2n) is 4.86. The van der Waals surface area contributed by atoms with Crippen molar-refractivity contribution in [2.45, 2.75) is 73.1 Å². The van der Waals surface area contributed by atoms with Crippen LogP contribution in [0.1, 0.15) is 69.6 Å². The molecule has 0 aliphatic carbocycles. The van der Waals surface area contributed by atoms with Crippen molar-refractivity contribution in [3.8, 4) is 0 Å². The van der Waals surface area contributed by atoms with Gasteiger partial charge in [0.25, 0.3) is 0 Å². The minimum absolute atomic E-state index is 0.880. The lowest BCUT2D eigenvalue weighted by Crippen LogP contribution is -1.87. The summed E-state index contributed by atoms with van der Waals surface area (Å²) in [5.41, 5.74) is 0. The first-order chi connectivity index (χ1) is 8.18. The molecule has 1 heteroatoms. The second-order valence-corrected chi connectivity index (χ2v) is 6.23. The van der Waals surface area contributed by atoms with E-state index < -0.39 is 0 Å². The molecule has 0 saturated heterocycles. The van der Waals surface area contributed by atoms with Crippen LogP contribution >= 0.6 is 11.3 Å².